The highest BCUT2D eigenvalue weighted by Gasteiger charge is 2.30. The van der Waals surface area contributed by atoms with Crippen LogP contribution >= 0.6 is 11.6 Å². The first-order valence-corrected chi connectivity index (χ1v) is 14.2. The maximum Gasteiger partial charge on any atom is 0.238 e. The van der Waals surface area contributed by atoms with Crippen LogP contribution in [-0.2, 0) is 17.8 Å². The van der Waals surface area contributed by atoms with E-state index in [0.29, 0.717) is 49.4 Å². The largest absolute Gasteiger partial charge is 0.497 e. The summed E-state index contributed by atoms with van der Waals surface area (Å²) in [5.41, 5.74) is 2.26. The molecule has 4 aromatic rings. The molecule has 2 aliphatic rings. The number of hydrogen-bond donors (Lipinski definition) is 1. The molecule has 42 heavy (non-hydrogen) atoms. The molecule has 0 saturated carbocycles. The van der Waals surface area contributed by atoms with Crippen molar-refractivity contribution in [1.29, 1.82) is 0 Å². The lowest BCUT2D eigenvalue weighted by molar-refractivity contribution is -0.121. The number of hydrogen-bond acceptors (Lipinski definition) is 9. The van der Waals surface area contributed by atoms with E-state index in [2.05, 4.69) is 37.2 Å². The third kappa shape index (κ3) is 6.58. The number of halogens is 1. The minimum absolute atomic E-state index is 0.0213. The van der Waals surface area contributed by atoms with Crippen LogP contribution in [0.1, 0.15) is 17.5 Å². The van der Waals surface area contributed by atoms with Gasteiger partial charge in [0, 0.05) is 57.6 Å². The van der Waals surface area contributed by atoms with Crippen LogP contribution in [0.3, 0.4) is 0 Å². The van der Waals surface area contributed by atoms with Crippen molar-refractivity contribution in [2.75, 3.05) is 45.0 Å². The molecule has 1 unspecified atom stereocenters. The van der Waals surface area contributed by atoms with Gasteiger partial charge in [-0.05, 0) is 41.8 Å². The Kier molecular flexibility index (Phi) is 8.38. The molecule has 11 nitrogen and oxygen atoms in total. The zero-order valence-electron chi connectivity index (χ0n) is 23.3. The first-order valence-electron chi connectivity index (χ1n) is 13.8. The van der Waals surface area contributed by atoms with E-state index in [4.69, 9.17) is 30.8 Å². The number of anilines is 1. The normalized spacial score (nSPS) is 16.4. The number of aromatic nitrogens is 4. The highest BCUT2D eigenvalue weighted by atomic mass is 35.5. The van der Waals surface area contributed by atoms with Crippen molar-refractivity contribution in [3.05, 3.63) is 83.5 Å². The Bertz CT molecular complexity index is 1520. The highest BCUT2D eigenvalue weighted by Crippen LogP contribution is 2.32. The van der Waals surface area contributed by atoms with Gasteiger partial charge < -0.3 is 24.4 Å². The second kappa shape index (κ2) is 12.7. The Morgan fingerprint density at radius 2 is 1.90 bits per heavy atom. The van der Waals surface area contributed by atoms with Gasteiger partial charge in [0.1, 0.15) is 23.0 Å². The predicted molar refractivity (Wildman–Crippen MR) is 157 cm³/mol. The Morgan fingerprint density at radius 1 is 1.07 bits per heavy atom. The van der Waals surface area contributed by atoms with E-state index >= 15 is 0 Å². The Hall–Kier alpha value is -4.35. The predicted octanol–water partition coefficient (Wildman–Crippen LogP) is 3.49. The molecule has 12 heteroatoms. The SMILES string of the molecule is COc1ccc(CN2CCN(c3cc(Cl)nc(-n4ccnc4)n3)C(CC(=O)NCCc3ccc4c(c3)OCO4)C2)cc1. The van der Waals surface area contributed by atoms with Gasteiger partial charge in [-0.25, -0.2) is 9.97 Å². The molecule has 1 saturated heterocycles. The smallest absolute Gasteiger partial charge is 0.238 e. The summed E-state index contributed by atoms with van der Waals surface area (Å²) in [7, 11) is 1.66. The first kappa shape index (κ1) is 27.8. The van der Waals surface area contributed by atoms with E-state index in [1.54, 1.807) is 36.5 Å². The fraction of sp³-hybridized carbons (Fsp3) is 0.333. The third-order valence-electron chi connectivity index (χ3n) is 7.43. The van der Waals surface area contributed by atoms with Crippen molar-refractivity contribution in [2.24, 2.45) is 0 Å². The number of rotatable bonds is 10. The zero-order chi connectivity index (χ0) is 28.9. The quantitative estimate of drug-likeness (QED) is 0.278. The van der Waals surface area contributed by atoms with Crippen LogP contribution in [0.25, 0.3) is 5.95 Å². The molecule has 0 spiro atoms. The third-order valence-corrected chi connectivity index (χ3v) is 7.62. The number of piperazine rings is 1. The molecule has 1 N–H and O–H groups in total. The molecular weight excluding hydrogens is 558 g/mol. The van der Waals surface area contributed by atoms with E-state index in [-0.39, 0.29) is 18.7 Å². The van der Waals surface area contributed by atoms with E-state index in [1.165, 1.54) is 5.56 Å². The lowest BCUT2D eigenvalue weighted by atomic mass is 10.1. The molecule has 2 aliphatic heterocycles. The van der Waals surface area contributed by atoms with Crippen LogP contribution < -0.4 is 24.4 Å². The molecule has 1 amide bonds. The van der Waals surface area contributed by atoms with Crippen molar-refractivity contribution in [2.45, 2.75) is 25.4 Å². The summed E-state index contributed by atoms with van der Waals surface area (Å²) in [5, 5.41) is 3.43. The van der Waals surface area contributed by atoms with Crippen LogP contribution in [0.5, 0.6) is 17.2 Å². The number of nitrogens with zero attached hydrogens (tertiary/aromatic N) is 6. The van der Waals surface area contributed by atoms with E-state index in [0.717, 1.165) is 35.9 Å². The second-order valence-electron chi connectivity index (χ2n) is 10.2. The summed E-state index contributed by atoms with van der Waals surface area (Å²) in [4.78, 5) is 31.0. The number of imidazole rings is 1. The molecule has 1 atom stereocenters. The van der Waals surface area contributed by atoms with E-state index in [9.17, 15) is 4.79 Å². The van der Waals surface area contributed by atoms with Gasteiger partial charge in [-0.15, -0.1) is 0 Å². The van der Waals surface area contributed by atoms with Crippen molar-refractivity contribution in [3.63, 3.8) is 0 Å². The lowest BCUT2D eigenvalue weighted by Gasteiger charge is -2.42. The minimum atomic E-state index is -0.121. The number of methoxy groups -OCH3 is 1. The maximum atomic E-state index is 13.2. The van der Waals surface area contributed by atoms with Crippen molar-refractivity contribution >= 4 is 23.3 Å². The summed E-state index contributed by atoms with van der Waals surface area (Å²) in [6.07, 6.45) is 6.07. The zero-order valence-corrected chi connectivity index (χ0v) is 24.0. The number of amides is 1. The summed E-state index contributed by atoms with van der Waals surface area (Å²) >= 11 is 6.43. The van der Waals surface area contributed by atoms with Crippen LogP contribution in [0.15, 0.2) is 67.3 Å². The van der Waals surface area contributed by atoms with Gasteiger partial charge in [0.25, 0.3) is 0 Å². The van der Waals surface area contributed by atoms with Gasteiger partial charge in [-0.1, -0.05) is 29.8 Å². The molecular formula is C30H32ClN7O4. The first-order chi connectivity index (χ1) is 20.5. The molecule has 4 heterocycles. The Balaban J connectivity index is 1.15. The highest BCUT2D eigenvalue weighted by molar-refractivity contribution is 6.29. The minimum Gasteiger partial charge on any atom is -0.497 e. The molecule has 2 aromatic carbocycles. The average molecular weight is 590 g/mol. The van der Waals surface area contributed by atoms with Crippen LogP contribution in [0.2, 0.25) is 5.15 Å². The maximum absolute atomic E-state index is 13.2. The molecule has 0 bridgehead atoms. The Morgan fingerprint density at radius 3 is 2.71 bits per heavy atom. The lowest BCUT2D eigenvalue weighted by Crippen LogP contribution is -2.54. The molecule has 1 fully saturated rings. The number of fused-ring (bicyclic) bond motifs is 1. The van der Waals surface area contributed by atoms with Crippen molar-refractivity contribution in [1.82, 2.24) is 29.7 Å². The van der Waals surface area contributed by atoms with Crippen molar-refractivity contribution in [3.8, 4) is 23.2 Å². The van der Waals surface area contributed by atoms with Gasteiger partial charge in [0.05, 0.1) is 13.2 Å². The standard InChI is InChI=1S/C30H32ClN7O4/c1-40-24-5-2-22(3-6-24)17-36-12-13-38(28-16-27(31)34-30(35-28)37-11-10-32-19-37)23(18-36)15-29(39)33-9-8-21-4-7-25-26(14-21)42-20-41-25/h2-7,10-11,14,16,19,23H,8-9,12-13,15,17-18,20H2,1H3,(H,33,39). The van der Waals surface area contributed by atoms with E-state index < -0.39 is 0 Å². The summed E-state index contributed by atoms with van der Waals surface area (Å²) in [6, 6.07) is 15.6. The second-order valence-corrected chi connectivity index (χ2v) is 10.6. The summed E-state index contributed by atoms with van der Waals surface area (Å²) in [6.45, 7) is 3.70. The summed E-state index contributed by atoms with van der Waals surface area (Å²) in [5.74, 6) is 3.41. The number of ether oxygens (including phenoxy) is 3. The average Bonchev–Trinajstić information content (AvgIpc) is 3.70. The molecule has 6 rings (SSSR count). The van der Waals surface area contributed by atoms with Gasteiger partial charge in [0.2, 0.25) is 18.6 Å². The van der Waals surface area contributed by atoms with Gasteiger partial charge in [-0.3, -0.25) is 14.3 Å². The monoisotopic (exact) mass is 589 g/mol. The molecule has 0 radical (unpaired) electrons. The topological polar surface area (TPSA) is 107 Å². The van der Waals surface area contributed by atoms with Crippen molar-refractivity contribution < 1.29 is 19.0 Å². The number of carbonyl (C=O) groups is 1. The van der Waals surface area contributed by atoms with Crippen LogP contribution in [0, 0.1) is 0 Å². The van der Waals surface area contributed by atoms with Crippen LogP contribution in [0.4, 0.5) is 5.82 Å². The number of carbonyl (C=O) groups excluding carboxylic acids is 1. The number of benzene rings is 2. The number of nitrogens with one attached hydrogen (secondary N) is 1. The Labute approximate surface area is 249 Å². The van der Waals surface area contributed by atoms with Gasteiger partial charge >= 0.3 is 0 Å². The summed E-state index contributed by atoms with van der Waals surface area (Å²) < 4.78 is 17.9. The van der Waals surface area contributed by atoms with Crippen LogP contribution in [-0.4, -0.2) is 76.4 Å². The molecule has 218 valence electrons. The fourth-order valence-electron chi connectivity index (χ4n) is 5.29. The van der Waals surface area contributed by atoms with E-state index in [1.807, 2.05) is 30.3 Å². The van der Waals surface area contributed by atoms with Gasteiger partial charge in [-0.2, -0.15) is 4.98 Å². The fourth-order valence-corrected chi connectivity index (χ4v) is 5.46. The van der Waals surface area contributed by atoms with Gasteiger partial charge in [0.15, 0.2) is 11.5 Å². The molecule has 0 aliphatic carbocycles. The molecule has 2 aromatic heterocycles.